The van der Waals surface area contributed by atoms with Gasteiger partial charge in [0, 0.05) is 12.6 Å². The number of carbonyl (C=O) groups is 1. The minimum atomic E-state index is -0.190. The summed E-state index contributed by atoms with van der Waals surface area (Å²) in [6.45, 7) is 8.61. The molecule has 0 saturated heterocycles. The summed E-state index contributed by atoms with van der Waals surface area (Å²) in [6.07, 6.45) is 1.76. The smallest absolute Gasteiger partial charge is 0.234 e. The third kappa shape index (κ3) is 6.29. The molecule has 9 heteroatoms. The van der Waals surface area contributed by atoms with Crippen LogP contribution in [-0.4, -0.2) is 40.6 Å². The van der Waals surface area contributed by atoms with Gasteiger partial charge in [-0.25, -0.2) is 0 Å². The van der Waals surface area contributed by atoms with Gasteiger partial charge in [-0.05, 0) is 43.2 Å². The summed E-state index contributed by atoms with van der Waals surface area (Å²) in [5, 5.41) is 12.0. The van der Waals surface area contributed by atoms with Crippen LogP contribution >= 0.6 is 11.8 Å². The predicted molar refractivity (Wildman–Crippen MR) is 129 cm³/mol. The molecule has 1 N–H and O–H groups in total. The van der Waals surface area contributed by atoms with Crippen LogP contribution in [-0.2, 0) is 17.9 Å². The molecule has 0 aliphatic carbocycles. The molecule has 0 atom stereocenters. The molecule has 3 aromatic rings. The molecule has 1 amide bonds. The Morgan fingerprint density at radius 3 is 2.67 bits per heavy atom. The highest BCUT2D eigenvalue weighted by atomic mass is 32.2. The molecule has 0 saturated carbocycles. The van der Waals surface area contributed by atoms with Gasteiger partial charge < -0.3 is 19.5 Å². The molecule has 0 radical (unpaired) electrons. The van der Waals surface area contributed by atoms with Crippen molar-refractivity contribution in [2.75, 3.05) is 25.3 Å². The van der Waals surface area contributed by atoms with Crippen molar-refractivity contribution in [3.05, 3.63) is 66.0 Å². The van der Waals surface area contributed by atoms with Crippen LogP contribution in [0, 0.1) is 13.8 Å². The van der Waals surface area contributed by atoms with E-state index in [2.05, 4.69) is 22.1 Å². The number of thioether (sulfide) groups is 1. The monoisotopic (exact) mass is 468 g/mol. The Kier molecular flexibility index (Phi) is 8.37. The molecule has 0 aliphatic heterocycles. The summed E-state index contributed by atoms with van der Waals surface area (Å²) in [4.78, 5) is 12.5. The molecule has 0 unspecified atom stereocenters. The van der Waals surface area contributed by atoms with Crippen molar-refractivity contribution in [1.29, 1.82) is 0 Å². The van der Waals surface area contributed by atoms with Crippen molar-refractivity contribution in [3.8, 4) is 17.2 Å². The number of aromatic nitrogens is 3. The fourth-order valence-corrected chi connectivity index (χ4v) is 3.83. The first-order chi connectivity index (χ1) is 15.9. The van der Waals surface area contributed by atoms with E-state index >= 15 is 0 Å². The number of anilines is 1. The van der Waals surface area contributed by atoms with E-state index in [4.69, 9.17) is 14.2 Å². The molecule has 0 aliphatic rings. The number of benzene rings is 2. The molecule has 33 heavy (non-hydrogen) atoms. The lowest BCUT2D eigenvalue weighted by Gasteiger charge is -2.12. The van der Waals surface area contributed by atoms with Gasteiger partial charge in [0.1, 0.15) is 23.9 Å². The van der Waals surface area contributed by atoms with Crippen molar-refractivity contribution in [1.82, 2.24) is 14.8 Å². The quantitative estimate of drug-likeness (QED) is 0.329. The number of aryl methyl sites for hydroxylation is 2. The van der Waals surface area contributed by atoms with Crippen LogP contribution in [0.25, 0.3) is 0 Å². The topological polar surface area (TPSA) is 87.5 Å². The highest BCUT2D eigenvalue weighted by Gasteiger charge is 2.16. The molecule has 1 aromatic heterocycles. The average Bonchev–Trinajstić information content (AvgIpc) is 3.20. The maximum Gasteiger partial charge on any atom is 0.234 e. The second-order valence-corrected chi connectivity index (χ2v) is 8.20. The van der Waals surface area contributed by atoms with Gasteiger partial charge in [0.25, 0.3) is 0 Å². The number of amides is 1. The number of methoxy groups -OCH3 is 2. The Morgan fingerprint density at radius 1 is 1.12 bits per heavy atom. The Labute approximate surface area is 198 Å². The predicted octanol–water partition coefficient (Wildman–Crippen LogP) is 4.41. The van der Waals surface area contributed by atoms with Crippen LogP contribution in [0.15, 0.2) is 54.2 Å². The zero-order valence-electron chi connectivity index (χ0n) is 19.3. The maximum atomic E-state index is 12.5. The molecule has 174 valence electrons. The lowest BCUT2D eigenvalue weighted by atomic mass is 10.1. The van der Waals surface area contributed by atoms with Crippen molar-refractivity contribution in [2.45, 2.75) is 32.2 Å². The van der Waals surface area contributed by atoms with Gasteiger partial charge in [0.15, 0.2) is 11.0 Å². The van der Waals surface area contributed by atoms with Crippen LogP contribution in [0.5, 0.6) is 17.2 Å². The van der Waals surface area contributed by atoms with Gasteiger partial charge >= 0.3 is 0 Å². The first kappa shape index (κ1) is 24.2. The fraction of sp³-hybridized carbons (Fsp3) is 0.292. The Morgan fingerprint density at radius 2 is 1.94 bits per heavy atom. The number of ether oxygens (including phenoxy) is 3. The second-order valence-electron chi connectivity index (χ2n) is 7.26. The molecule has 0 spiro atoms. The van der Waals surface area contributed by atoms with Crippen molar-refractivity contribution in [3.63, 3.8) is 0 Å². The number of allylic oxidation sites excluding steroid dienone is 1. The molecule has 1 heterocycles. The number of carbonyl (C=O) groups excluding carboxylic acids is 1. The van der Waals surface area contributed by atoms with Gasteiger partial charge in [-0.2, -0.15) is 0 Å². The zero-order valence-corrected chi connectivity index (χ0v) is 20.1. The number of hydrogen-bond donors (Lipinski definition) is 1. The van der Waals surface area contributed by atoms with E-state index in [1.165, 1.54) is 11.8 Å². The van der Waals surface area contributed by atoms with Gasteiger partial charge in [-0.3, -0.25) is 9.36 Å². The summed E-state index contributed by atoms with van der Waals surface area (Å²) in [5.74, 6) is 2.61. The van der Waals surface area contributed by atoms with Crippen LogP contribution < -0.4 is 19.5 Å². The normalized spacial score (nSPS) is 10.5. The SMILES string of the molecule is C=CCn1c(COc2cc(C)ccc2C)nnc1SCC(=O)Nc1ccc(OC)cc1OC. The second kappa shape index (κ2) is 11.4. The van der Waals surface area contributed by atoms with Crippen LogP contribution in [0.4, 0.5) is 5.69 Å². The average molecular weight is 469 g/mol. The third-order valence-corrected chi connectivity index (χ3v) is 5.79. The number of nitrogens with one attached hydrogen (secondary N) is 1. The van der Waals surface area contributed by atoms with E-state index in [1.807, 2.05) is 36.6 Å². The molecular weight excluding hydrogens is 440 g/mol. The Bertz CT molecular complexity index is 1130. The zero-order chi connectivity index (χ0) is 23.8. The molecule has 3 rings (SSSR count). The number of hydrogen-bond acceptors (Lipinski definition) is 7. The summed E-state index contributed by atoms with van der Waals surface area (Å²) < 4.78 is 18.4. The van der Waals surface area contributed by atoms with E-state index in [9.17, 15) is 4.79 Å². The third-order valence-electron chi connectivity index (χ3n) is 4.82. The minimum Gasteiger partial charge on any atom is -0.497 e. The molecular formula is C24H28N4O4S. The van der Waals surface area contributed by atoms with E-state index < -0.39 is 0 Å². The van der Waals surface area contributed by atoms with Gasteiger partial charge in [-0.15, -0.1) is 16.8 Å². The van der Waals surface area contributed by atoms with Crippen molar-refractivity contribution >= 4 is 23.4 Å². The van der Waals surface area contributed by atoms with Crippen LogP contribution in [0.2, 0.25) is 0 Å². The molecule has 0 bridgehead atoms. The molecule has 8 nitrogen and oxygen atoms in total. The first-order valence-corrected chi connectivity index (χ1v) is 11.3. The van der Waals surface area contributed by atoms with Gasteiger partial charge in [0.05, 0.1) is 25.7 Å². The van der Waals surface area contributed by atoms with Crippen LogP contribution in [0.3, 0.4) is 0 Å². The van der Waals surface area contributed by atoms with Gasteiger partial charge in [-0.1, -0.05) is 30.0 Å². The van der Waals surface area contributed by atoms with E-state index in [0.29, 0.717) is 34.7 Å². The van der Waals surface area contributed by atoms with Crippen LogP contribution in [0.1, 0.15) is 17.0 Å². The first-order valence-electron chi connectivity index (χ1n) is 10.3. The molecule has 2 aromatic carbocycles. The minimum absolute atomic E-state index is 0.155. The summed E-state index contributed by atoms with van der Waals surface area (Å²) in [5.41, 5.74) is 2.74. The summed E-state index contributed by atoms with van der Waals surface area (Å²) in [6, 6.07) is 11.3. The Hall–Kier alpha value is -3.46. The van der Waals surface area contributed by atoms with E-state index in [-0.39, 0.29) is 18.3 Å². The summed E-state index contributed by atoms with van der Waals surface area (Å²) >= 11 is 1.29. The standard InChI is InChI=1S/C24H28N4O4S/c1-6-11-28-22(14-32-20-12-16(2)7-8-17(20)3)26-27-24(28)33-15-23(29)25-19-10-9-18(30-4)13-21(19)31-5/h6-10,12-13H,1,11,14-15H2,2-5H3,(H,25,29). The van der Waals surface area contributed by atoms with Crippen molar-refractivity contribution < 1.29 is 19.0 Å². The highest BCUT2D eigenvalue weighted by Crippen LogP contribution is 2.29. The summed E-state index contributed by atoms with van der Waals surface area (Å²) in [7, 11) is 3.11. The Balaban J connectivity index is 1.65. The van der Waals surface area contributed by atoms with Gasteiger partial charge in [0.2, 0.25) is 5.91 Å². The molecule has 0 fully saturated rings. The van der Waals surface area contributed by atoms with E-state index in [1.54, 1.807) is 38.5 Å². The number of rotatable bonds is 11. The van der Waals surface area contributed by atoms with E-state index in [0.717, 1.165) is 16.9 Å². The van der Waals surface area contributed by atoms with Crippen molar-refractivity contribution in [2.24, 2.45) is 0 Å². The fourth-order valence-electron chi connectivity index (χ4n) is 3.07. The lowest BCUT2D eigenvalue weighted by molar-refractivity contribution is -0.113. The maximum absolute atomic E-state index is 12.5. The lowest BCUT2D eigenvalue weighted by Crippen LogP contribution is -2.15. The largest absolute Gasteiger partial charge is 0.497 e. The highest BCUT2D eigenvalue weighted by molar-refractivity contribution is 7.99. The number of nitrogens with zero attached hydrogens (tertiary/aromatic N) is 3.